The summed E-state index contributed by atoms with van der Waals surface area (Å²) in [4.78, 5) is 24.1. The van der Waals surface area contributed by atoms with Crippen LogP contribution in [0.4, 0.5) is 11.4 Å². The molecule has 158 valence electrons. The van der Waals surface area contributed by atoms with E-state index in [-0.39, 0.29) is 27.9 Å². The molecule has 0 radical (unpaired) electrons. The quantitative estimate of drug-likeness (QED) is 0.623. The molecule has 1 amide bonds. The molecule has 0 unspecified atom stereocenters. The molecule has 0 atom stereocenters. The van der Waals surface area contributed by atoms with Crippen molar-refractivity contribution in [2.45, 2.75) is 18.7 Å². The molecule has 0 aliphatic heterocycles. The first-order chi connectivity index (χ1) is 14.2. The van der Waals surface area contributed by atoms with Gasteiger partial charge in [-0.05, 0) is 37.3 Å². The first kappa shape index (κ1) is 21.2. The number of rotatable bonds is 6. The highest BCUT2D eigenvalue weighted by Crippen LogP contribution is 2.29. The lowest BCUT2D eigenvalue weighted by Crippen LogP contribution is -2.23. The van der Waals surface area contributed by atoms with Gasteiger partial charge in [0.05, 0.1) is 18.5 Å². The molecular weight excluding hydrogens is 408 g/mol. The zero-order valence-electron chi connectivity index (χ0n) is 17.0. The van der Waals surface area contributed by atoms with Crippen LogP contribution in [-0.4, -0.2) is 30.8 Å². The molecule has 9 nitrogen and oxygen atoms in total. The SMILES string of the molecule is COc1ccc(NC(C)=O)cc1S(=O)(=O)Nc1c(C)n(C)n(-c2ccccc2)c1=O. The number of carbonyl (C=O) groups excluding carboxylic acids is 1. The van der Waals surface area contributed by atoms with E-state index >= 15 is 0 Å². The van der Waals surface area contributed by atoms with Gasteiger partial charge in [-0.2, -0.15) is 0 Å². The molecule has 3 aromatic rings. The van der Waals surface area contributed by atoms with Crippen LogP contribution in [0, 0.1) is 6.92 Å². The largest absolute Gasteiger partial charge is 0.495 e. The number of para-hydroxylation sites is 1. The maximum Gasteiger partial charge on any atom is 0.296 e. The number of nitrogens with zero attached hydrogens (tertiary/aromatic N) is 2. The average molecular weight is 430 g/mol. The summed E-state index contributed by atoms with van der Waals surface area (Å²) in [5.74, 6) is -0.269. The van der Waals surface area contributed by atoms with Crippen molar-refractivity contribution in [3.63, 3.8) is 0 Å². The normalized spacial score (nSPS) is 11.2. The van der Waals surface area contributed by atoms with Crippen LogP contribution in [0.3, 0.4) is 0 Å². The number of sulfonamides is 1. The predicted molar refractivity (Wildman–Crippen MR) is 114 cm³/mol. The van der Waals surface area contributed by atoms with Crippen LogP contribution >= 0.6 is 0 Å². The Kier molecular flexibility index (Phi) is 5.70. The molecule has 0 bridgehead atoms. The standard InChI is InChI=1S/C20H22N4O5S/c1-13-19(20(26)24(23(13)3)16-8-6-5-7-9-16)22-30(27,28)18-12-15(21-14(2)25)10-11-17(18)29-4/h5-12,22H,1-4H3,(H,21,25). The number of anilines is 2. The molecule has 1 aromatic heterocycles. The number of hydrogen-bond donors (Lipinski definition) is 2. The first-order valence-electron chi connectivity index (χ1n) is 8.98. The van der Waals surface area contributed by atoms with Crippen molar-refractivity contribution in [1.29, 1.82) is 0 Å². The number of carbonyl (C=O) groups is 1. The van der Waals surface area contributed by atoms with E-state index in [4.69, 9.17) is 4.74 Å². The Balaban J connectivity index is 2.09. The molecule has 10 heteroatoms. The maximum absolute atomic E-state index is 13.1. The molecule has 2 N–H and O–H groups in total. The van der Waals surface area contributed by atoms with Crippen molar-refractivity contribution in [1.82, 2.24) is 9.36 Å². The summed E-state index contributed by atoms with van der Waals surface area (Å²) in [5, 5.41) is 2.53. The van der Waals surface area contributed by atoms with Gasteiger partial charge in [0.15, 0.2) is 0 Å². The first-order valence-corrected chi connectivity index (χ1v) is 10.5. The van der Waals surface area contributed by atoms with Crippen molar-refractivity contribution >= 4 is 27.3 Å². The lowest BCUT2D eigenvalue weighted by Gasteiger charge is -2.12. The van der Waals surface area contributed by atoms with Crippen LogP contribution < -0.4 is 20.3 Å². The van der Waals surface area contributed by atoms with E-state index in [2.05, 4.69) is 10.0 Å². The molecule has 0 saturated heterocycles. The molecule has 1 heterocycles. The Morgan fingerprint density at radius 2 is 1.77 bits per heavy atom. The van der Waals surface area contributed by atoms with Gasteiger partial charge in [0, 0.05) is 19.7 Å². The third-order valence-electron chi connectivity index (χ3n) is 4.56. The number of methoxy groups -OCH3 is 1. The minimum Gasteiger partial charge on any atom is -0.495 e. The summed E-state index contributed by atoms with van der Waals surface area (Å²) in [5.41, 5.74) is 0.735. The van der Waals surface area contributed by atoms with Gasteiger partial charge in [0.1, 0.15) is 16.3 Å². The molecule has 0 fully saturated rings. The third kappa shape index (κ3) is 3.94. The highest BCUT2D eigenvalue weighted by atomic mass is 32.2. The second kappa shape index (κ2) is 8.07. The Morgan fingerprint density at radius 3 is 2.37 bits per heavy atom. The van der Waals surface area contributed by atoms with Crippen LogP contribution in [0.15, 0.2) is 58.2 Å². The van der Waals surface area contributed by atoms with Crippen LogP contribution in [0.5, 0.6) is 5.75 Å². The molecular formula is C20H22N4O5S. The second-order valence-electron chi connectivity index (χ2n) is 6.59. The fourth-order valence-corrected chi connectivity index (χ4v) is 4.35. The molecule has 0 spiro atoms. The topological polar surface area (TPSA) is 111 Å². The highest BCUT2D eigenvalue weighted by Gasteiger charge is 2.25. The van der Waals surface area contributed by atoms with E-state index in [0.29, 0.717) is 11.4 Å². The molecule has 0 saturated carbocycles. The van der Waals surface area contributed by atoms with E-state index in [0.717, 1.165) is 0 Å². The van der Waals surface area contributed by atoms with Gasteiger partial charge in [-0.25, -0.2) is 13.1 Å². The number of aromatic nitrogens is 2. The predicted octanol–water partition coefficient (Wildman–Crippen LogP) is 2.25. The van der Waals surface area contributed by atoms with Crippen LogP contribution in [-0.2, 0) is 21.9 Å². The zero-order chi connectivity index (χ0) is 22.1. The Morgan fingerprint density at radius 1 is 1.10 bits per heavy atom. The van der Waals surface area contributed by atoms with E-state index in [1.807, 2.05) is 6.07 Å². The van der Waals surface area contributed by atoms with Crippen molar-refractivity contribution in [3.8, 4) is 11.4 Å². The van der Waals surface area contributed by atoms with Crippen LogP contribution in [0.2, 0.25) is 0 Å². The van der Waals surface area contributed by atoms with Crippen LogP contribution in [0.25, 0.3) is 5.69 Å². The van der Waals surface area contributed by atoms with Crippen molar-refractivity contribution in [2.24, 2.45) is 7.05 Å². The lowest BCUT2D eigenvalue weighted by atomic mass is 10.3. The summed E-state index contributed by atoms with van der Waals surface area (Å²) < 4.78 is 36.7. The maximum atomic E-state index is 13.1. The minimum atomic E-state index is -4.20. The fourth-order valence-electron chi connectivity index (χ4n) is 3.04. The highest BCUT2D eigenvalue weighted by molar-refractivity contribution is 7.92. The molecule has 30 heavy (non-hydrogen) atoms. The van der Waals surface area contributed by atoms with Crippen molar-refractivity contribution in [2.75, 3.05) is 17.1 Å². The fraction of sp³-hybridized carbons (Fsp3) is 0.200. The Bertz CT molecular complexity index is 1260. The molecule has 2 aromatic carbocycles. The number of nitrogens with one attached hydrogen (secondary N) is 2. The monoisotopic (exact) mass is 430 g/mol. The zero-order valence-corrected chi connectivity index (χ0v) is 17.8. The molecule has 0 aliphatic rings. The molecule has 0 aliphatic carbocycles. The van der Waals surface area contributed by atoms with Crippen molar-refractivity contribution in [3.05, 3.63) is 64.6 Å². The van der Waals surface area contributed by atoms with Gasteiger partial charge in [-0.3, -0.25) is 19.0 Å². The summed E-state index contributed by atoms with van der Waals surface area (Å²) in [6.45, 7) is 2.96. The Labute approximate surface area is 173 Å². The third-order valence-corrected chi connectivity index (χ3v) is 5.94. The summed E-state index contributed by atoms with van der Waals surface area (Å²) >= 11 is 0. The van der Waals surface area contributed by atoms with Gasteiger partial charge < -0.3 is 10.1 Å². The number of benzene rings is 2. The lowest BCUT2D eigenvalue weighted by molar-refractivity contribution is -0.114. The number of amides is 1. The molecule has 3 rings (SSSR count). The Hall–Kier alpha value is -3.53. The van der Waals surface area contributed by atoms with Gasteiger partial charge in [-0.1, -0.05) is 18.2 Å². The minimum absolute atomic E-state index is 0.0756. The summed E-state index contributed by atoms with van der Waals surface area (Å²) in [6, 6.07) is 13.1. The van der Waals surface area contributed by atoms with Crippen LogP contribution in [0.1, 0.15) is 12.6 Å². The van der Waals surface area contributed by atoms with Crippen molar-refractivity contribution < 1.29 is 17.9 Å². The van der Waals surface area contributed by atoms with E-state index in [9.17, 15) is 18.0 Å². The number of hydrogen-bond acceptors (Lipinski definition) is 5. The van der Waals surface area contributed by atoms with Gasteiger partial charge in [-0.15, -0.1) is 0 Å². The van der Waals surface area contributed by atoms with Gasteiger partial charge >= 0.3 is 0 Å². The van der Waals surface area contributed by atoms with Gasteiger partial charge in [0.25, 0.3) is 15.6 Å². The average Bonchev–Trinajstić information content (AvgIpc) is 2.91. The smallest absolute Gasteiger partial charge is 0.296 e. The number of ether oxygens (including phenoxy) is 1. The second-order valence-corrected chi connectivity index (χ2v) is 8.24. The summed E-state index contributed by atoms with van der Waals surface area (Å²) in [6.07, 6.45) is 0. The van der Waals surface area contributed by atoms with Gasteiger partial charge in [0.2, 0.25) is 5.91 Å². The van der Waals surface area contributed by atoms with E-state index < -0.39 is 15.6 Å². The van der Waals surface area contributed by atoms with E-state index in [1.165, 1.54) is 36.9 Å². The summed E-state index contributed by atoms with van der Waals surface area (Å²) in [7, 11) is -1.20. The van der Waals surface area contributed by atoms with E-state index in [1.54, 1.807) is 42.9 Å².